The van der Waals surface area contributed by atoms with Crippen LogP contribution in [0.5, 0.6) is 0 Å². The molecule has 8 heteroatoms. The number of rotatable bonds is 6. The molecule has 1 aliphatic heterocycles. The van der Waals surface area contributed by atoms with E-state index < -0.39 is 5.82 Å². The highest BCUT2D eigenvalue weighted by Crippen LogP contribution is 2.40. The van der Waals surface area contributed by atoms with Crippen LogP contribution in [0.15, 0.2) is 30.5 Å². The van der Waals surface area contributed by atoms with Gasteiger partial charge in [-0.2, -0.15) is 10.4 Å². The molecule has 1 aromatic heterocycles. The number of benzene rings is 1. The molecule has 1 saturated carbocycles. The van der Waals surface area contributed by atoms with E-state index in [0.717, 1.165) is 5.82 Å². The molecule has 2 heterocycles. The van der Waals surface area contributed by atoms with Crippen LogP contribution in [0.4, 0.5) is 15.9 Å². The van der Waals surface area contributed by atoms with E-state index in [1.165, 1.54) is 18.9 Å². The number of hydrogen-bond donors (Lipinski definition) is 1. The van der Waals surface area contributed by atoms with E-state index in [4.69, 9.17) is 0 Å². The summed E-state index contributed by atoms with van der Waals surface area (Å²) < 4.78 is 15.8. The van der Waals surface area contributed by atoms with Crippen molar-refractivity contribution in [2.24, 2.45) is 5.92 Å². The summed E-state index contributed by atoms with van der Waals surface area (Å²) in [6.07, 6.45) is 4.16. The Kier molecular flexibility index (Phi) is 5.49. The van der Waals surface area contributed by atoms with Crippen molar-refractivity contribution in [1.82, 2.24) is 14.7 Å². The molecule has 1 saturated heterocycles. The Hall–Kier alpha value is -2.92. The van der Waals surface area contributed by atoms with Crippen LogP contribution in [0.1, 0.15) is 31.4 Å². The van der Waals surface area contributed by atoms with Crippen LogP contribution in [0.25, 0.3) is 0 Å². The number of anilines is 2. The molecule has 1 N–H and O–H groups in total. The topological polar surface area (TPSA) is 77.2 Å². The Bertz CT molecular complexity index is 923. The van der Waals surface area contributed by atoms with Gasteiger partial charge in [0.25, 0.3) is 0 Å². The van der Waals surface area contributed by atoms with Gasteiger partial charge in [0.2, 0.25) is 5.91 Å². The number of carbonyl (C=O) groups is 1. The molecule has 0 bridgehead atoms. The predicted molar refractivity (Wildman–Crippen MR) is 108 cm³/mol. The lowest BCUT2D eigenvalue weighted by molar-refractivity contribution is -0.117. The SMILES string of the molecule is CC(C1CC1)n1nccc1NC(=O)CN1CCN(c2cccc(F)c2C#N)CC1. The van der Waals surface area contributed by atoms with Crippen LogP contribution in [-0.4, -0.2) is 53.3 Å². The summed E-state index contributed by atoms with van der Waals surface area (Å²) in [5, 5.41) is 16.6. The molecule has 1 aliphatic carbocycles. The molecule has 2 aromatic rings. The van der Waals surface area contributed by atoms with Gasteiger partial charge in [0.05, 0.1) is 24.5 Å². The highest BCUT2D eigenvalue weighted by Gasteiger charge is 2.31. The molecule has 2 aliphatic rings. The van der Waals surface area contributed by atoms with E-state index in [0.29, 0.717) is 50.4 Å². The zero-order valence-electron chi connectivity index (χ0n) is 16.5. The monoisotopic (exact) mass is 396 g/mol. The molecule has 4 rings (SSSR count). The summed E-state index contributed by atoms with van der Waals surface area (Å²) in [6.45, 7) is 5.07. The zero-order valence-corrected chi connectivity index (χ0v) is 16.5. The molecule has 0 radical (unpaired) electrons. The molecule has 0 spiro atoms. The number of nitrogens with zero attached hydrogens (tertiary/aromatic N) is 5. The highest BCUT2D eigenvalue weighted by molar-refractivity contribution is 5.91. The molecular formula is C21H25FN6O. The average Bonchev–Trinajstić information content (AvgIpc) is 3.47. The fourth-order valence-corrected chi connectivity index (χ4v) is 3.94. The summed E-state index contributed by atoms with van der Waals surface area (Å²) >= 11 is 0. The van der Waals surface area contributed by atoms with E-state index in [1.54, 1.807) is 18.3 Å². The summed E-state index contributed by atoms with van der Waals surface area (Å²) in [6, 6.07) is 8.78. The Morgan fingerprint density at radius 1 is 1.31 bits per heavy atom. The first-order valence-electron chi connectivity index (χ1n) is 10.1. The zero-order chi connectivity index (χ0) is 20.4. The molecular weight excluding hydrogens is 371 g/mol. The van der Waals surface area contributed by atoms with Crippen molar-refractivity contribution >= 4 is 17.4 Å². The fourth-order valence-electron chi connectivity index (χ4n) is 3.94. The van der Waals surface area contributed by atoms with Crippen LogP contribution >= 0.6 is 0 Å². The number of amides is 1. The number of nitrogens with one attached hydrogen (secondary N) is 1. The Morgan fingerprint density at radius 2 is 2.07 bits per heavy atom. The van der Waals surface area contributed by atoms with E-state index in [1.807, 2.05) is 21.7 Å². The lowest BCUT2D eigenvalue weighted by Gasteiger charge is -2.36. The third-order valence-corrected chi connectivity index (χ3v) is 5.81. The minimum Gasteiger partial charge on any atom is -0.368 e. The van der Waals surface area contributed by atoms with Crippen LogP contribution in [0, 0.1) is 23.1 Å². The predicted octanol–water partition coefficient (Wildman–Crippen LogP) is 2.63. The van der Waals surface area contributed by atoms with Gasteiger partial charge in [0, 0.05) is 32.2 Å². The van der Waals surface area contributed by atoms with Crippen molar-refractivity contribution in [2.75, 3.05) is 42.9 Å². The Labute approximate surface area is 169 Å². The van der Waals surface area contributed by atoms with Crippen LogP contribution in [0.3, 0.4) is 0 Å². The summed E-state index contributed by atoms with van der Waals surface area (Å²) in [4.78, 5) is 16.6. The normalized spacial score (nSPS) is 18.3. The largest absolute Gasteiger partial charge is 0.368 e. The first-order valence-corrected chi connectivity index (χ1v) is 10.1. The van der Waals surface area contributed by atoms with Crippen molar-refractivity contribution in [1.29, 1.82) is 5.26 Å². The van der Waals surface area contributed by atoms with Gasteiger partial charge in [-0.3, -0.25) is 9.69 Å². The molecule has 152 valence electrons. The number of halogens is 1. The smallest absolute Gasteiger partial charge is 0.239 e. The third kappa shape index (κ3) is 4.25. The maximum absolute atomic E-state index is 13.9. The maximum Gasteiger partial charge on any atom is 0.239 e. The van der Waals surface area contributed by atoms with Gasteiger partial charge >= 0.3 is 0 Å². The highest BCUT2D eigenvalue weighted by atomic mass is 19.1. The molecule has 7 nitrogen and oxygen atoms in total. The second-order valence-corrected chi connectivity index (χ2v) is 7.80. The van der Waals surface area contributed by atoms with Gasteiger partial charge in [-0.25, -0.2) is 9.07 Å². The Balaban J connectivity index is 1.31. The first-order chi connectivity index (χ1) is 14.1. The molecule has 1 aromatic carbocycles. The minimum absolute atomic E-state index is 0.0633. The second-order valence-electron chi connectivity index (χ2n) is 7.80. The van der Waals surface area contributed by atoms with E-state index >= 15 is 0 Å². The number of hydrogen-bond acceptors (Lipinski definition) is 5. The number of aromatic nitrogens is 2. The lowest BCUT2D eigenvalue weighted by Crippen LogP contribution is -2.49. The lowest BCUT2D eigenvalue weighted by atomic mass is 10.1. The standard InChI is InChI=1S/C21H25FN6O/c1-15(16-5-6-16)28-20(7-8-24-28)25-21(29)14-26-9-11-27(12-10-26)19-4-2-3-18(22)17(19)13-23/h2-4,7-8,15-16H,5-6,9-12,14H2,1H3,(H,25,29). The van der Waals surface area contributed by atoms with Gasteiger partial charge in [-0.15, -0.1) is 0 Å². The van der Waals surface area contributed by atoms with E-state index in [9.17, 15) is 14.4 Å². The van der Waals surface area contributed by atoms with Crippen molar-refractivity contribution < 1.29 is 9.18 Å². The third-order valence-electron chi connectivity index (χ3n) is 5.81. The molecule has 29 heavy (non-hydrogen) atoms. The van der Waals surface area contributed by atoms with Crippen molar-refractivity contribution in [3.05, 3.63) is 41.8 Å². The van der Waals surface area contributed by atoms with Crippen molar-refractivity contribution in [3.63, 3.8) is 0 Å². The molecule has 2 fully saturated rings. The van der Waals surface area contributed by atoms with Gasteiger partial charge in [0.1, 0.15) is 23.3 Å². The van der Waals surface area contributed by atoms with Crippen LogP contribution in [-0.2, 0) is 4.79 Å². The first kappa shape index (κ1) is 19.4. The Morgan fingerprint density at radius 3 is 2.76 bits per heavy atom. The number of carbonyl (C=O) groups excluding carboxylic acids is 1. The van der Waals surface area contributed by atoms with E-state index in [2.05, 4.69) is 22.2 Å². The van der Waals surface area contributed by atoms with Gasteiger partial charge < -0.3 is 10.2 Å². The quantitative estimate of drug-likeness (QED) is 0.812. The van der Waals surface area contributed by atoms with Crippen molar-refractivity contribution in [3.8, 4) is 6.07 Å². The number of piperazine rings is 1. The second kappa shape index (κ2) is 8.21. The van der Waals surface area contributed by atoms with Gasteiger partial charge in [0.15, 0.2) is 0 Å². The molecule has 1 atom stereocenters. The fraction of sp³-hybridized carbons (Fsp3) is 0.476. The van der Waals surface area contributed by atoms with Gasteiger partial charge in [-0.05, 0) is 37.8 Å². The number of nitriles is 1. The van der Waals surface area contributed by atoms with Crippen molar-refractivity contribution in [2.45, 2.75) is 25.8 Å². The maximum atomic E-state index is 13.9. The van der Waals surface area contributed by atoms with Crippen LogP contribution < -0.4 is 10.2 Å². The molecule has 1 amide bonds. The van der Waals surface area contributed by atoms with Crippen LogP contribution in [0.2, 0.25) is 0 Å². The average molecular weight is 396 g/mol. The summed E-state index contributed by atoms with van der Waals surface area (Å²) in [5.74, 6) is 0.835. The van der Waals surface area contributed by atoms with E-state index in [-0.39, 0.29) is 11.5 Å². The summed E-state index contributed by atoms with van der Waals surface area (Å²) in [5.41, 5.74) is 0.700. The summed E-state index contributed by atoms with van der Waals surface area (Å²) in [7, 11) is 0. The minimum atomic E-state index is -0.496. The molecule has 1 unspecified atom stereocenters. The van der Waals surface area contributed by atoms with Gasteiger partial charge in [-0.1, -0.05) is 6.07 Å².